The summed E-state index contributed by atoms with van der Waals surface area (Å²) in [6.07, 6.45) is 16.4. The minimum atomic E-state index is -1.20. The first-order chi connectivity index (χ1) is 58.0. The third kappa shape index (κ3) is 15.9. The lowest BCUT2D eigenvalue weighted by Crippen LogP contribution is -2.63. The van der Waals surface area contributed by atoms with Crippen molar-refractivity contribution in [3.63, 3.8) is 0 Å². The number of cyclic esters (lactones) is 4. The molecule has 31 nitrogen and oxygen atoms in total. The van der Waals surface area contributed by atoms with Gasteiger partial charge in [0.25, 0.3) is 0 Å². The quantitative estimate of drug-likeness (QED) is 0.0876. The molecular formula is C92H112O31. The maximum absolute atomic E-state index is 13.2. The van der Waals surface area contributed by atoms with Gasteiger partial charge in [-0.3, -0.25) is 38.4 Å². The fourth-order valence-electron chi connectivity index (χ4n) is 25.1. The molecule has 666 valence electrons. The van der Waals surface area contributed by atoms with Gasteiger partial charge in [-0.2, -0.15) is 0 Å². The van der Waals surface area contributed by atoms with Crippen molar-refractivity contribution in [1.82, 2.24) is 0 Å². The molecule has 0 amide bonds. The summed E-state index contributed by atoms with van der Waals surface area (Å²) in [4.78, 5) is 151. The van der Waals surface area contributed by atoms with E-state index in [1.54, 1.807) is 49.3 Å². The van der Waals surface area contributed by atoms with E-state index in [0.717, 1.165) is 22.3 Å². The second-order valence-electron chi connectivity index (χ2n) is 37.1. The van der Waals surface area contributed by atoms with E-state index in [4.69, 9.17) is 74.5 Å². The molecule has 8 aliphatic carbocycles. The highest BCUT2D eigenvalue weighted by atomic mass is 16.6. The van der Waals surface area contributed by atoms with Crippen molar-refractivity contribution in [3.05, 3.63) is 143 Å². The number of esters is 12. The molecule has 8 heterocycles. The summed E-state index contributed by atoms with van der Waals surface area (Å²) < 4.78 is 86.2. The molecule has 4 aromatic heterocycles. The molecule has 4 saturated carbocycles. The summed E-state index contributed by atoms with van der Waals surface area (Å²) in [5.74, 6) is -8.86. The first-order valence-electron chi connectivity index (χ1n) is 41.9. The van der Waals surface area contributed by atoms with Gasteiger partial charge in [-0.15, -0.1) is 0 Å². The van der Waals surface area contributed by atoms with Gasteiger partial charge < -0.3 is 89.8 Å². The molecule has 3 N–H and O–H groups in total. The lowest BCUT2D eigenvalue weighted by molar-refractivity contribution is -0.216. The Morgan fingerprint density at radius 3 is 0.984 bits per heavy atom. The smallest absolute Gasteiger partial charge is 0.334 e. The zero-order valence-corrected chi connectivity index (χ0v) is 72.2. The van der Waals surface area contributed by atoms with Crippen molar-refractivity contribution in [2.75, 3.05) is 28.4 Å². The van der Waals surface area contributed by atoms with E-state index in [0.29, 0.717) is 106 Å². The van der Waals surface area contributed by atoms with Crippen molar-refractivity contribution in [3.8, 4) is 0 Å². The third-order valence-corrected chi connectivity index (χ3v) is 30.1. The number of furan rings is 4. The number of aliphatic hydroxyl groups excluding tert-OH is 3. The zero-order valence-electron chi connectivity index (χ0n) is 72.2. The van der Waals surface area contributed by atoms with Gasteiger partial charge in [0.15, 0.2) is 6.10 Å². The van der Waals surface area contributed by atoms with E-state index in [1.165, 1.54) is 99.4 Å². The fourth-order valence-corrected chi connectivity index (χ4v) is 25.1. The van der Waals surface area contributed by atoms with Crippen LogP contribution in [0.5, 0.6) is 0 Å². The molecule has 27 atom stereocenters. The average molecular weight is 1710 g/mol. The minimum absolute atomic E-state index is 0.224. The predicted molar refractivity (Wildman–Crippen MR) is 424 cm³/mol. The van der Waals surface area contributed by atoms with Crippen molar-refractivity contribution in [2.24, 2.45) is 90.7 Å². The number of methoxy groups -OCH3 is 4. The number of fused-ring (bicyclic) bond motifs is 12. The summed E-state index contributed by atoms with van der Waals surface area (Å²) >= 11 is 0. The van der Waals surface area contributed by atoms with Gasteiger partial charge in [-0.25, -0.2) is 19.2 Å². The number of carbonyl (C=O) groups is 12. The number of rotatable bonds is 12. The summed E-state index contributed by atoms with van der Waals surface area (Å²) in [5, 5.41) is 33.3. The van der Waals surface area contributed by atoms with Gasteiger partial charge in [-0.05, 0) is 148 Å². The van der Waals surface area contributed by atoms with Crippen LogP contribution in [-0.4, -0.2) is 158 Å². The molecule has 0 bridgehead atoms. The maximum atomic E-state index is 13.2. The largest absolute Gasteiger partial charge is 0.472 e. The van der Waals surface area contributed by atoms with E-state index in [2.05, 4.69) is 6.92 Å². The van der Waals surface area contributed by atoms with Crippen molar-refractivity contribution >= 4 is 71.6 Å². The van der Waals surface area contributed by atoms with Crippen LogP contribution in [0.25, 0.3) is 0 Å². The first-order valence-corrected chi connectivity index (χ1v) is 41.9. The second kappa shape index (κ2) is 34.3. The standard InChI is InChI=1S/C25H30O9.2C23H28O8.C21H26O6/c1-13(26)32-18-10-17(22(28)30-5)24(3)8-6-16-23(29)34-19(15-7-9-31-12-15)11-25(16,4)21(24)20(18)33-14(2)27;1-12(24)30-16-9-15(20(26)28-4)22(2)7-5-14-21(27)31-17(13-6-8-29-11-13)10-23(14,3)19(22)18(16)25;1-12(24)30-18-16(25)9-15(20(26)28-4)22(2)7-5-14-21(27)31-17(13-6-8-29-11-13)10-23(14,3)19(18)22;1-20-8-6-14-19(24)27-16(12-7-9-26-11-12)10-21(14,2)17(20)15(22)5-4-13(20)18(23)25-3/h7,9-10,12,16,18-21H,6,8,11H2,1-5H3;2*6,8-9,11,14,16-19,25H,5,7,10H2,1-4H3;4,7,9,11,14-17,22H,5-6,8,10H2,1-3H3/t16-,18+,19+,20+,21?,24+,25+;2*14-,16+,17+,18+,19?,22+,23+;14-,15+,16+,17?,20+,21+/m1111/s1. The predicted octanol–water partition coefficient (Wildman–Crippen LogP) is 11.9. The summed E-state index contributed by atoms with van der Waals surface area (Å²) in [7, 11) is 5.27. The van der Waals surface area contributed by atoms with Crippen LogP contribution >= 0.6 is 0 Å². The summed E-state index contributed by atoms with van der Waals surface area (Å²) in [5.41, 5.74) is -0.774. The molecule has 31 heteroatoms. The molecule has 4 aliphatic heterocycles. The van der Waals surface area contributed by atoms with Crippen LogP contribution in [0.4, 0.5) is 0 Å². The fraction of sp³-hybridized carbons (Fsp3) is 0.609. The Labute approximate surface area is 711 Å². The molecule has 16 rings (SSSR count). The molecule has 8 fully saturated rings. The van der Waals surface area contributed by atoms with Crippen LogP contribution in [-0.2, 0) is 114 Å². The van der Waals surface area contributed by atoms with Crippen molar-refractivity contribution < 1.29 is 147 Å². The van der Waals surface area contributed by atoms with Gasteiger partial charge >= 0.3 is 71.6 Å². The lowest BCUT2D eigenvalue weighted by atomic mass is 9.44. The van der Waals surface area contributed by atoms with Crippen LogP contribution < -0.4 is 0 Å². The first kappa shape index (κ1) is 90.3. The van der Waals surface area contributed by atoms with Crippen LogP contribution in [0.2, 0.25) is 0 Å². The molecule has 0 radical (unpaired) electrons. The Bertz CT molecular complexity index is 4830. The minimum Gasteiger partial charge on any atom is -0.472 e. The van der Waals surface area contributed by atoms with Crippen LogP contribution in [0.15, 0.2) is 139 Å². The number of carbonyl (C=O) groups excluding carboxylic acids is 12. The van der Waals surface area contributed by atoms with Gasteiger partial charge in [0, 0.05) is 118 Å². The Balaban J connectivity index is 0.000000141. The Kier molecular flexibility index (Phi) is 25.2. The normalized spacial score (nSPS) is 39.1. The van der Waals surface area contributed by atoms with Crippen molar-refractivity contribution in [1.29, 1.82) is 0 Å². The van der Waals surface area contributed by atoms with E-state index < -0.39 is 188 Å². The van der Waals surface area contributed by atoms with Gasteiger partial charge in [0.1, 0.15) is 48.8 Å². The van der Waals surface area contributed by atoms with E-state index >= 15 is 0 Å². The molecule has 4 aromatic rings. The monoisotopic (exact) mass is 1710 g/mol. The maximum Gasteiger partial charge on any atom is 0.334 e. The molecule has 0 aromatic carbocycles. The van der Waals surface area contributed by atoms with E-state index in [1.807, 2.05) is 54.5 Å². The Hall–Kier alpha value is -10.4. The third-order valence-electron chi connectivity index (χ3n) is 30.1. The number of ether oxygens (including phenoxy) is 12. The summed E-state index contributed by atoms with van der Waals surface area (Å²) in [6.45, 7) is 20.8. The molecule has 123 heavy (non-hydrogen) atoms. The van der Waals surface area contributed by atoms with Gasteiger partial charge in [0.05, 0.1) is 114 Å². The number of aliphatic hydroxyl groups is 3. The second-order valence-corrected chi connectivity index (χ2v) is 37.1. The molecule has 4 unspecified atom stereocenters. The highest BCUT2D eigenvalue weighted by Crippen LogP contribution is 2.70. The molecule has 4 saturated heterocycles. The van der Waals surface area contributed by atoms with Gasteiger partial charge in [-0.1, -0.05) is 61.5 Å². The van der Waals surface area contributed by atoms with E-state index in [-0.39, 0.29) is 41.7 Å². The number of hydrogen-bond donors (Lipinski definition) is 3. The molecular weight excluding hydrogens is 1600 g/mol. The highest BCUT2D eigenvalue weighted by Gasteiger charge is 2.71. The Morgan fingerprint density at radius 2 is 0.650 bits per heavy atom. The number of hydrogen-bond acceptors (Lipinski definition) is 31. The van der Waals surface area contributed by atoms with Crippen molar-refractivity contribution in [2.45, 2.75) is 234 Å². The molecule has 0 spiro atoms. The lowest BCUT2D eigenvalue weighted by Gasteiger charge is -2.61. The van der Waals surface area contributed by atoms with E-state index in [9.17, 15) is 72.9 Å². The zero-order chi connectivity index (χ0) is 89.3. The van der Waals surface area contributed by atoms with Crippen LogP contribution in [0.1, 0.15) is 213 Å². The summed E-state index contributed by atoms with van der Waals surface area (Å²) in [6, 6.07) is 7.06. The Morgan fingerprint density at radius 1 is 0.366 bits per heavy atom. The highest BCUT2D eigenvalue weighted by molar-refractivity contribution is 5.93. The SMILES string of the molecule is COC(=O)C1=CC[C@H](O)C2[C@@]1(C)CC[C@@H]1C(=O)O[C@H](c3ccoc3)C[C@]21C.COC(=O)C1=C[C@H](O)[C@H](OC(C)=O)C2[C@@]1(C)CC[C@@H]1C(=O)O[C@H](c3ccoc3)C[C@]21C.COC(=O)C1=C[C@H](OC(C)=O)[C@H](O)C2[C@@]1(C)CC[C@@H]1C(=O)O[C@H](c3ccoc3)C[C@]21C.COC(=O)C1=C[C@H](OC(C)=O)[C@H](OC(C)=O)C2[C@@]1(C)CC[C@@H]1C(=O)O[C@H](c3ccoc3)C[C@]21C. The van der Waals surface area contributed by atoms with Gasteiger partial charge in [0.2, 0.25) is 0 Å². The molecule has 12 aliphatic rings. The average Bonchev–Trinajstić information content (AvgIpc) is 1.14. The van der Waals surface area contributed by atoms with Crippen LogP contribution in [0.3, 0.4) is 0 Å². The topological polar surface area (TPSA) is 429 Å². The van der Waals surface area contributed by atoms with Crippen LogP contribution in [0, 0.1) is 90.7 Å².